The van der Waals surface area contributed by atoms with Crippen molar-refractivity contribution in [1.82, 2.24) is 5.32 Å². The predicted molar refractivity (Wildman–Crippen MR) is 146 cm³/mol. The highest BCUT2D eigenvalue weighted by atomic mass is 16.2. The van der Waals surface area contributed by atoms with Crippen molar-refractivity contribution in [3.8, 4) is 0 Å². The largest absolute Gasteiger partial charge is 0.371 e. The first kappa shape index (κ1) is 23.5. The van der Waals surface area contributed by atoms with Gasteiger partial charge in [0.2, 0.25) is 0 Å². The molecule has 0 saturated carbocycles. The number of amides is 2. The highest BCUT2D eigenvalue weighted by molar-refractivity contribution is 5.90. The number of nitrogens with zero attached hydrogens (tertiary/aromatic N) is 1. The zero-order chi connectivity index (χ0) is 24.5. The van der Waals surface area contributed by atoms with Crippen LogP contribution in [0.15, 0.2) is 72.8 Å². The minimum Gasteiger partial charge on any atom is -0.371 e. The van der Waals surface area contributed by atoms with Crippen molar-refractivity contribution in [3.63, 3.8) is 0 Å². The van der Waals surface area contributed by atoms with Gasteiger partial charge in [-0.25, -0.2) is 4.79 Å². The summed E-state index contributed by atoms with van der Waals surface area (Å²) >= 11 is 0. The van der Waals surface area contributed by atoms with E-state index in [1.165, 1.54) is 27.9 Å². The van der Waals surface area contributed by atoms with Crippen LogP contribution in [0.4, 0.5) is 16.2 Å². The molecule has 4 nitrogen and oxygen atoms in total. The summed E-state index contributed by atoms with van der Waals surface area (Å²) in [4.78, 5) is 15.3. The van der Waals surface area contributed by atoms with Crippen molar-refractivity contribution in [2.75, 3.05) is 29.9 Å². The molecule has 4 heteroatoms. The Morgan fingerprint density at radius 1 is 0.857 bits per heavy atom. The molecule has 0 aromatic heterocycles. The van der Waals surface area contributed by atoms with Crippen LogP contribution in [0, 0.1) is 0 Å². The monoisotopic (exact) mass is 467 g/mol. The third kappa shape index (κ3) is 4.20. The molecular weight excluding hydrogens is 430 g/mol. The molecule has 5 rings (SSSR count). The van der Waals surface area contributed by atoms with E-state index in [9.17, 15) is 4.79 Å². The number of carbonyl (C=O) groups is 1. The molecule has 2 heterocycles. The Morgan fingerprint density at radius 3 is 1.86 bits per heavy atom. The van der Waals surface area contributed by atoms with Crippen LogP contribution in [0.25, 0.3) is 0 Å². The molecule has 182 valence electrons. The number of benzene rings is 3. The van der Waals surface area contributed by atoms with Crippen LogP contribution in [0.1, 0.15) is 68.7 Å². The fraction of sp³-hybridized carbons (Fsp3) is 0.387. The average Bonchev–Trinajstić information content (AvgIpc) is 2.89. The van der Waals surface area contributed by atoms with Crippen LogP contribution < -0.4 is 15.5 Å². The van der Waals surface area contributed by atoms with Gasteiger partial charge in [-0.05, 0) is 53.6 Å². The zero-order valence-corrected chi connectivity index (χ0v) is 21.2. The first-order chi connectivity index (χ1) is 17.0. The van der Waals surface area contributed by atoms with Gasteiger partial charge in [-0.15, -0.1) is 0 Å². The second kappa shape index (κ2) is 9.41. The fourth-order valence-corrected chi connectivity index (χ4v) is 5.98. The summed E-state index contributed by atoms with van der Waals surface area (Å²) in [6, 6.07) is 26.0. The SMILES string of the molecule is CCCCNC(=O)Nc1cc2c3c(c1)[C@](C)(c1ccccc1)CCN3CC[C@@]2(C)c1ccccc1. The molecule has 3 aromatic carbocycles. The maximum Gasteiger partial charge on any atom is 0.319 e. The van der Waals surface area contributed by atoms with E-state index >= 15 is 0 Å². The molecule has 0 unspecified atom stereocenters. The van der Waals surface area contributed by atoms with E-state index in [1.807, 2.05) is 0 Å². The van der Waals surface area contributed by atoms with Gasteiger partial charge in [0.25, 0.3) is 0 Å². The summed E-state index contributed by atoms with van der Waals surface area (Å²) in [6.45, 7) is 9.65. The summed E-state index contributed by atoms with van der Waals surface area (Å²) in [5, 5.41) is 6.19. The van der Waals surface area contributed by atoms with Crippen LogP contribution in [0.5, 0.6) is 0 Å². The Morgan fingerprint density at radius 2 is 1.37 bits per heavy atom. The van der Waals surface area contributed by atoms with Crippen LogP contribution in [-0.2, 0) is 10.8 Å². The average molecular weight is 468 g/mol. The minimum absolute atomic E-state index is 0.118. The second-order valence-corrected chi connectivity index (χ2v) is 10.5. The molecule has 2 amide bonds. The lowest BCUT2D eigenvalue weighted by molar-refractivity contribution is 0.252. The summed E-state index contributed by atoms with van der Waals surface area (Å²) < 4.78 is 0. The zero-order valence-electron chi connectivity index (χ0n) is 21.2. The number of unbranched alkanes of at least 4 members (excludes halogenated alkanes) is 1. The van der Waals surface area contributed by atoms with Crippen LogP contribution >= 0.6 is 0 Å². The van der Waals surface area contributed by atoms with E-state index < -0.39 is 0 Å². The van der Waals surface area contributed by atoms with Gasteiger partial charge < -0.3 is 15.5 Å². The molecule has 0 radical (unpaired) electrons. The summed E-state index contributed by atoms with van der Waals surface area (Å²) in [7, 11) is 0. The number of hydrogen-bond acceptors (Lipinski definition) is 2. The molecule has 2 aliphatic heterocycles. The van der Waals surface area contributed by atoms with Gasteiger partial charge in [0.15, 0.2) is 0 Å². The molecular formula is C31H37N3O. The van der Waals surface area contributed by atoms with Gasteiger partial charge >= 0.3 is 6.03 Å². The molecule has 2 atom stereocenters. The number of rotatable bonds is 6. The Balaban J connectivity index is 1.66. The van der Waals surface area contributed by atoms with Gasteiger partial charge in [-0.2, -0.15) is 0 Å². The lowest BCUT2D eigenvalue weighted by atomic mass is 9.64. The Kier molecular flexibility index (Phi) is 6.31. The molecule has 2 N–H and O–H groups in total. The number of anilines is 2. The lowest BCUT2D eigenvalue weighted by Gasteiger charge is -2.50. The minimum atomic E-state index is -0.128. The normalized spacial score (nSPS) is 22.9. The first-order valence-corrected chi connectivity index (χ1v) is 13.1. The molecule has 0 spiro atoms. The molecule has 3 aromatic rings. The lowest BCUT2D eigenvalue weighted by Crippen LogP contribution is -2.47. The highest BCUT2D eigenvalue weighted by Crippen LogP contribution is 2.54. The van der Waals surface area contributed by atoms with E-state index in [1.54, 1.807) is 0 Å². The molecule has 0 aliphatic carbocycles. The topological polar surface area (TPSA) is 44.4 Å². The number of urea groups is 1. The van der Waals surface area contributed by atoms with Gasteiger partial charge in [0.1, 0.15) is 0 Å². The van der Waals surface area contributed by atoms with Gasteiger partial charge in [-0.1, -0.05) is 87.9 Å². The predicted octanol–water partition coefficient (Wildman–Crippen LogP) is 6.83. The van der Waals surface area contributed by atoms with Crippen LogP contribution in [0.2, 0.25) is 0 Å². The molecule has 35 heavy (non-hydrogen) atoms. The van der Waals surface area contributed by atoms with Crippen molar-refractivity contribution >= 4 is 17.4 Å². The van der Waals surface area contributed by atoms with Gasteiger partial charge in [0.05, 0.1) is 0 Å². The van der Waals surface area contributed by atoms with Crippen molar-refractivity contribution in [3.05, 3.63) is 95.1 Å². The van der Waals surface area contributed by atoms with Crippen LogP contribution in [-0.4, -0.2) is 25.7 Å². The van der Waals surface area contributed by atoms with E-state index in [-0.39, 0.29) is 16.9 Å². The molecule has 0 bridgehead atoms. The number of hydrogen-bond donors (Lipinski definition) is 2. The van der Waals surface area contributed by atoms with Gasteiger partial charge in [0, 0.05) is 41.8 Å². The molecule has 0 saturated heterocycles. The Labute approximate surface area is 209 Å². The Hall–Kier alpha value is -3.27. The maximum atomic E-state index is 12.8. The van der Waals surface area contributed by atoms with Gasteiger partial charge in [-0.3, -0.25) is 0 Å². The van der Waals surface area contributed by atoms with Crippen molar-refractivity contribution < 1.29 is 4.79 Å². The third-order valence-corrected chi connectivity index (χ3v) is 8.27. The van der Waals surface area contributed by atoms with E-state index in [0.29, 0.717) is 6.54 Å². The van der Waals surface area contributed by atoms with Crippen molar-refractivity contribution in [1.29, 1.82) is 0 Å². The fourth-order valence-electron chi connectivity index (χ4n) is 5.98. The van der Waals surface area contributed by atoms with E-state index in [2.05, 4.69) is 109 Å². The quantitative estimate of drug-likeness (QED) is 0.390. The Bertz CT molecular complexity index is 1110. The van der Waals surface area contributed by atoms with E-state index in [0.717, 1.165) is 44.5 Å². The van der Waals surface area contributed by atoms with E-state index in [4.69, 9.17) is 0 Å². The van der Waals surface area contributed by atoms with Crippen LogP contribution in [0.3, 0.4) is 0 Å². The van der Waals surface area contributed by atoms with Crippen molar-refractivity contribution in [2.45, 2.75) is 57.3 Å². The molecule has 2 aliphatic rings. The highest BCUT2D eigenvalue weighted by Gasteiger charge is 2.45. The summed E-state index contributed by atoms with van der Waals surface area (Å²) in [6.07, 6.45) is 4.15. The smallest absolute Gasteiger partial charge is 0.319 e. The third-order valence-electron chi connectivity index (χ3n) is 8.27. The number of carbonyl (C=O) groups excluding carboxylic acids is 1. The maximum absolute atomic E-state index is 12.8. The molecule has 0 fully saturated rings. The summed E-state index contributed by atoms with van der Waals surface area (Å²) in [5.74, 6) is 0. The standard InChI is InChI=1S/C31H37N3O/c1-4-5-18-32-29(35)33-25-21-26-28-27(22-25)31(3,24-14-10-7-11-15-24)17-20-34(28)19-16-30(26,2)23-12-8-6-9-13-23/h6-15,21-22H,4-5,16-20H2,1-3H3,(H2,32,33,35)/t30-,31-/m0/s1. The second-order valence-electron chi connectivity index (χ2n) is 10.5. The van der Waals surface area contributed by atoms with Crippen molar-refractivity contribution in [2.24, 2.45) is 0 Å². The summed E-state index contributed by atoms with van der Waals surface area (Å²) in [5.41, 5.74) is 7.30. The first-order valence-electron chi connectivity index (χ1n) is 13.1. The number of nitrogens with one attached hydrogen (secondary N) is 2.